The Balaban J connectivity index is 2.26. The number of hydrogen-bond donors (Lipinski definition) is 1. The third-order valence-corrected chi connectivity index (χ3v) is 3.15. The molecule has 0 amide bonds. The number of halogens is 1. The molecule has 0 spiro atoms. The molecule has 2 rings (SSSR count). The average molecular weight is 277 g/mol. The van der Waals surface area contributed by atoms with Crippen molar-refractivity contribution in [2.24, 2.45) is 5.92 Å². The van der Waals surface area contributed by atoms with Gasteiger partial charge in [0.2, 0.25) is 0 Å². The molecule has 20 heavy (non-hydrogen) atoms. The van der Waals surface area contributed by atoms with E-state index in [-0.39, 0.29) is 5.75 Å². The summed E-state index contributed by atoms with van der Waals surface area (Å²) < 4.78 is 20.4. The number of aryl methyl sites for hydroxylation is 1. The molecule has 0 atom stereocenters. The van der Waals surface area contributed by atoms with Gasteiger partial charge in [0, 0.05) is 18.3 Å². The molecule has 0 bridgehead atoms. The van der Waals surface area contributed by atoms with E-state index < -0.39 is 5.82 Å². The van der Waals surface area contributed by atoms with E-state index in [4.69, 9.17) is 10.5 Å². The first-order valence-corrected chi connectivity index (χ1v) is 6.68. The van der Waals surface area contributed by atoms with Gasteiger partial charge in [-0.2, -0.15) is 5.10 Å². The van der Waals surface area contributed by atoms with Crippen LogP contribution in [-0.2, 0) is 6.54 Å². The molecule has 0 unspecified atom stereocenters. The number of aromatic nitrogens is 2. The molecule has 108 valence electrons. The van der Waals surface area contributed by atoms with Crippen LogP contribution in [0.3, 0.4) is 0 Å². The van der Waals surface area contributed by atoms with Gasteiger partial charge in [-0.3, -0.25) is 4.68 Å². The van der Waals surface area contributed by atoms with Gasteiger partial charge in [-0.1, -0.05) is 13.8 Å². The van der Waals surface area contributed by atoms with E-state index in [1.54, 1.807) is 18.3 Å². The minimum atomic E-state index is -0.416. The van der Waals surface area contributed by atoms with E-state index in [0.717, 1.165) is 13.0 Å². The first-order valence-electron chi connectivity index (χ1n) is 6.68. The Morgan fingerprint density at radius 2 is 2.15 bits per heavy atom. The molecule has 0 saturated heterocycles. The van der Waals surface area contributed by atoms with Crippen LogP contribution in [0.2, 0.25) is 0 Å². The highest BCUT2D eigenvalue weighted by molar-refractivity contribution is 5.72. The van der Waals surface area contributed by atoms with E-state index in [0.29, 0.717) is 22.9 Å². The zero-order chi connectivity index (χ0) is 14.7. The van der Waals surface area contributed by atoms with Crippen LogP contribution < -0.4 is 10.5 Å². The Bertz CT molecular complexity index is 593. The van der Waals surface area contributed by atoms with Crippen LogP contribution in [0.1, 0.15) is 20.3 Å². The van der Waals surface area contributed by atoms with Crippen molar-refractivity contribution in [1.29, 1.82) is 0 Å². The summed E-state index contributed by atoms with van der Waals surface area (Å²) >= 11 is 0. The number of anilines is 1. The van der Waals surface area contributed by atoms with E-state index >= 15 is 0 Å². The molecule has 0 radical (unpaired) electrons. The summed E-state index contributed by atoms with van der Waals surface area (Å²) in [4.78, 5) is 0. The lowest BCUT2D eigenvalue weighted by Gasteiger charge is -2.05. The van der Waals surface area contributed by atoms with Crippen molar-refractivity contribution in [1.82, 2.24) is 9.78 Å². The molecular formula is C15H20FN3O. The maximum atomic E-state index is 13.7. The predicted octanol–water partition coefficient (Wildman–Crippen LogP) is 3.33. The molecule has 0 fully saturated rings. The van der Waals surface area contributed by atoms with E-state index in [1.165, 1.54) is 13.2 Å². The molecule has 5 heteroatoms. The Morgan fingerprint density at radius 3 is 2.75 bits per heavy atom. The third kappa shape index (κ3) is 3.10. The van der Waals surface area contributed by atoms with Crippen LogP contribution in [0.4, 0.5) is 10.1 Å². The summed E-state index contributed by atoms with van der Waals surface area (Å²) in [6.07, 6.45) is 2.82. The number of hydrogen-bond acceptors (Lipinski definition) is 3. The van der Waals surface area contributed by atoms with E-state index in [2.05, 4.69) is 18.9 Å². The fourth-order valence-electron chi connectivity index (χ4n) is 1.98. The third-order valence-electron chi connectivity index (χ3n) is 3.15. The average Bonchev–Trinajstić information content (AvgIpc) is 2.77. The molecule has 2 aromatic rings. The van der Waals surface area contributed by atoms with Crippen molar-refractivity contribution in [3.8, 4) is 17.0 Å². The lowest BCUT2D eigenvalue weighted by atomic mass is 10.1. The second kappa shape index (κ2) is 5.94. The molecule has 2 N–H and O–H groups in total. The lowest BCUT2D eigenvalue weighted by molar-refractivity contribution is 0.386. The Kier molecular flexibility index (Phi) is 4.27. The molecule has 0 aliphatic heterocycles. The van der Waals surface area contributed by atoms with Crippen molar-refractivity contribution in [2.75, 3.05) is 12.8 Å². The summed E-state index contributed by atoms with van der Waals surface area (Å²) in [5.41, 5.74) is 7.78. The van der Waals surface area contributed by atoms with Crippen LogP contribution in [0, 0.1) is 11.7 Å². The fraction of sp³-hybridized carbons (Fsp3) is 0.400. The highest BCUT2D eigenvalue weighted by atomic mass is 19.1. The molecule has 0 aliphatic rings. The number of nitrogen functional groups attached to an aromatic ring is 1. The van der Waals surface area contributed by atoms with Gasteiger partial charge in [0.05, 0.1) is 12.8 Å². The van der Waals surface area contributed by atoms with Crippen LogP contribution in [0.5, 0.6) is 5.75 Å². The van der Waals surface area contributed by atoms with Crippen molar-refractivity contribution in [2.45, 2.75) is 26.8 Å². The Morgan fingerprint density at radius 1 is 1.40 bits per heavy atom. The van der Waals surface area contributed by atoms with Crippen LogP contribution in [0.15, 0.2) is 24.4 Å². The molecule has 1 aromatic carbocycles. The van der Waals surface area contributed by atoms with Gasteiger partial charge in [0.1, 0.15) is 5.69 Å². The van der Waals surface area contributed by atoms with Crippen molar-refractivity contribution in [3.05, 3.63) is 30.2 Å². The summed E-state index contributed by atoms with van der Waals surface area (Å²) in [6, 6.07) is 4.73. The number of ether oxygens (including phenoxy) is 1. The van der Waals surface area contributed by atoms with Crippen molar-refractivity contribution < 1.29 is 9.13 Å². The number of rotatable bonds is 5. The largest absolute Gasteiger partial charge is 0.494 e. The van der Waals surface area contributed by atoms with Crippen LogP contribution in [-0.4, -0.2) is 16.9 Å². The maximum Gasteiger partial charge on any atom is 0.165 e. The lowest BCUT2D eigenvalue weighted by Crippen LogP contribution is -2.02. The summed E-state index contributed by atoms with van der Waals surface area (Å²) in [5.74, 6) is 0.398. The Hall–Kier alpha value is -2.04. The fourth-order valence-corrected chi connectivity index (χ4v) is 1.98. The van der Waals surface area contributed by atoms with Gasteiger partial charge in [0.25, 0.3) is 0 Å². The van der Waals surface area contributed by atoms with Gasteiger partial charge < -0.3 is 10.5 Å². The standard InChI is InChI=1S/C15H20FN3O/c1-10(2)6-7-19-9-13(17)15(18-19)11-4-5-14(20-3)12(16)8-11/h4-5,8-10H,6-7,17H2,1-3H3. The molecule has 1 heterocycles. The number of benzene rings is 1. The molecule has 0 saturated carbocycles. The Labute approximate surface area is 118 Å². The van der Waals surface area contributed by atoms with Gasteiger partial charge in [-0.15, -0.1) is 0 Å². The van der Waals surface area contributed by atoms with Crippen LogP contribution >= 0.6 is 0 Å². The molecule has 1 aromatic heterocycles. The smallest absolute Gasteiger partial charge is 0.165 e. The quantitative estimate of drug-likeness (QED) is 0.912. The topological polar surface area (TPSA) is 53.1 Å². The second-order valence-corrected chi connectivity index (χ2v) is 5.23. The summed E-state index contributed by atoms with van der Waals surface area (Å²) in [5, 5.41) is 4.43. The summed E-state index contributed by atoms with van der Waals surface area (Å²) in [6.45, 7) is 5.12. The van der Waals surface area contributed by atoms with E-state index in [9.17, 15) is 4.39 Å². The number of methoxy groups -OCH3 is 1. The minimum absolute atomic E-state index is 0.214. The van der Waals surface area contributed by atoms with E-state index in [1.807, 2.05) is 4.68 Å². The zero-order valence-electron chi connectivity index (χ0n) is 12.1. The number of nitrogens with zero attached hydrogens (tertiary/aromatic N) is 2. The maximum absolute atomic E-state index is 13.7. The molecular weight excluding hydrogens is 257 g/mol. The normalized spacial score (nSPS) is 11.1. The van der Waals surface area contributed by atoms with Gasteiger partial charge in [-0.05, 0) is 30.5 Å². The first-order chi connectivity index (χ1) is 9.51. The molecule has 0 aliphatic carbocycles. The second-order valence-electron chi connectivity index (χ2n) is 5.23. The predicted molar refractivity (Wildman–Crippen MR) is 78.0 cm³/mol. The van der Waals surface area contributed by atoms with Gasteiger partial charge in [0.15, 0.2) is 11.6 Å². The van der Waals surface area contributed by atoms with Gasteiger partial charge in [-0.25, -0.2) is 4.39 Å². The van der Waals surface area contributed by atoms with Crippen molar-refractivity contribution >= 4 is 5.69 Å². The monoisotopic (exact) mass is 277 g/mol. The van der Waals surface area contributed by atoms with Crippen molar-refractivity contribution in [3.63, 3.8) is 0 Å². The first kappa shape index (κ1) is 14.4. The SMILES string of the molecule is COc1ccc(-c2nn(CCC(C)C)cc2N)cc1F. The number of nitrogens with two attached hydrogens (primary N) is 1. The highest BCUT2D eigenvalue weighted by Gasteiger charge is 2.12. The highest BCUT2D eigenvalue weighted by Crippen LogP contribution is 2.28. The molecule has 4 nitrogen and oxygen atoms in total. The summed E-state index contributed by atoms with van der Waals surface area (Å²) in [7, 11) is 1.44. The van der Waals surface area contributed by atoms with Gasteiger partial charge >= 0.3 is 0 Å². The van der Waals surface area contributed by atoms with Crippen LogP contribution in [0.25, 0.3) is 11.3 Å². The zero-order valence-corrected chi connectivity index (χ0v) is 12.1. The minimum Gasteiger partial charge on any atom is -0.494 e.